The number of nitriles is 1. The predicted octanol–water partition coefficient (Wildman–Crippen LogP) is 1.51. The van der Waals surface area contributed by atoms with E-state index in [1.807, 2.05) is 30.3 Å². The van der Waals surface area contributed by atoms with E-state index in [1.165, 1.54) is 4.68 Å². The van der Waals surface area contributed by atoms with Crippen LogP contribution in [0.4, 0.5) is 5.82 Å². The Morgan fingerprint density at radius 1 is 1.39 bits per heavy atom. The maximum absolute atomic E-state index is 8.99. The number of nitrogen functional groups attached to an aromatic ring is 1. The van der Waals surface area contributed by atoms with Crippen LogP contribution in [-0.2, 0) is 0 Å². The summed E-state index contributed by atoms with van der Waals surface area (Å²) in [5, 5.41) is 13.2. The van der Waals surface area contributed by atoms with Crippen molar-refractivity contribution in [2.24, 2.45) is 0 Å². The molecule has 0 aliphatic rings. The molecule has 3 rings (SSSR count). The smallest absolute Gasteiger partial charge is 0.231 e. The second-order valence-corrected chi connectivity index (χ2v) is 3.95. The van der Waals surface area contributed by atoms with Crippen LogP contribution in [0.15, 0.2) is 24.3 Å². The maximum atomic E-state index is 8.99. The molecule has 2 heterocycles. The lowest BCUT2D eigenvalue weighted by Crippen LogP contribution is -2.04. The molecule has 0 bridgehead atoms. The Morgan fingerprint density at radius 3 is 2.83 bits per heavy atom. The number of nitrogens with zero attached hydrogens (tertiary/aromatic N) is 4. The molecule has 3 N–H and O–H groups in total. The highest BCUT2D eigenvalue weighted by molar-refractivity contribution is 5.76. The van der Waals surface area contributed by atoms with Crippen LogP contribution < -0.4 is 5.73 Å². The summed E-state index contributed by atoms with van der Waals surface area (Å²) in [6, 6.07) is 9.68. The third-order valence-corrected chi connectivity index (χ3v) is 2.79. The van der Waals surface area contributed by atoms with Crippen LogP contribution in [0.25, 0.3) is 17.0 Å². The zero-order valence-electron chi connectivity index (χ0n) is 9.68. The number of nitrogens with two attached hydrogens (primary N) is 1. The highest BCUT2D eigenvalue weighted by Gasteiger charge is 2.15. The van der Waals surface area contributed by atoms with E-state index in [-0.39, 0.29) is 0 Å². The van der Waals surface area contributed by atoms with Crippen LogP contribution in [0.1, 0.15) is 11.3 Å². The van der Waals surface area contributed by atoms with Crippen LogP contribution in [0, 0.1) is 18.3 Å². The monoisotopic (exact) mass is 238 g/mol. The number of aromatic amines is 1. The molecular formula is C12H10N6. The SMILES string of the molecule is Cc1nn(-c2nc3ccccc3[nH]2)c(N)c1C#N. The fourth-order valence-electron chi connectivity index (χ4n) is 1.88. The highest BCUT2D eigenvalue weighted by Crippen LogP contribution is 2.20. The molecule has 0 atom stereocenters. The minimum absolute atomic E-state index is 0.300. The average molecular weight is 238 g/mol. The van der Waals surface area contributed by atoms with Crippen molar-refractivity contribution in [2.45, 2.75) is 6.92 Å². The van der Waals surface area contributed by atoms with E-state index in [9.17, 15) is 0 Å². The molecule has 3 aromatic rings. The van der Waals surface area contributed by atoms with Gasteiger partial charge in [0.05, 0.1) is 16.7 Å². The maximum Gasteiger partial charge on any atom is 0.231 e. The lowest BCUT2D eigenvalue weighted by atomic mass is 10.3. The van der Waals surface area contributed by atoms with Crippen molar-refractivity contribution < 1.29 is 0 Å². The van der Waals surface area contributed by atoms with E-state index in [1.54, 1.807) is 6.92 Å². The minimum Gasteiger partial charge on any atom is -0.382 e. The highest BCUT2D eigenvalue weighted by atomic mass is 15.4. The topological polar surface area (TPSA) is 96.3 Å². The number of benzene rings is 1. The second kappa shape index (κ2) is 3.60. The zero-order chi connectivity index (χ0) is 12.7. The Labute approximate surface area is 103 Å². The van der Waals surface area contributed by atoms with Crippen molar-refractivity contribution in [2.75, 3.05) is 5.73 Å². The number of H-pyrrole nitrogens is 1. The second-order valence-electron chi connectivity index (χ2n) is 3.95. The molecule has 88 valence electrons. The number of para-hydroxylation sites is 2. The number of anilines is 1. The Morgan fingerprint density at radius 2 is 2.17 bits per heavy atom. The van der Waals surface area contributed by atoms with Crippen LogP contribution in [0.5, 0.6) is 0 Å². The van der Waals surface area contributed by atoms with E-state index >= 15 is 0 Å². The molecule has 0 aliphatic carbocycles. The first kappa shape index (κ1) is 10.4. The van der Waals surface area contributed by atoms with Gasteiger partial charge in [0, 0.05) is 0 Å². The third-order valence-electron chi connectivity index (χ3n) is 2.79. The van der Waals surface area contributed by atoms with Crippen LogP contribution in [0.3, 0.4) is 0 Å². The molecular weight excluding hydrogens is 228 g/mol. The molecule has 1 aromatic carbocycles. The van der Waals surface area contributed by atoms with Crippen LogP contribution >= 0.6 is 0 Å². The summed E-state index contributed by atoms with van der Waals surface area (Å²) in [6.45, 7) is 1.74. The summed E-state index contributed by atoms with van der Waals surface area (Å²) >= 11 is 0. The van der Waals surface area contributed by atoms with E-state index in [0.29, 0.717) is 23.0 Å². The summed E-state index contributed by atoms with van der Waals surface area (Å²) < 4.78 is 1.45. The van der Waals surface area contributed by atoms with Gasteiger partial charge in [-0.25, -0.2) is 4.98 Å². The number of aromatic nitrogens is 4. The molecule has 0 amide bonds. The first-order valence-electron chi connectivity index (χ1n) is 5.41. The fraction of sp³-hybridized carbons (Fsp3) is 0.0833. The first-order chi connectivity index (χ1) is 8.70. The number of aryl methyl sites for hydroxylation is 1. The van der Waals surface area contributed by atoms with Gasteiger partial charge in [-0.05, 0) is 19.1 Å². The number of hydrogen-bond donors (Lipinski definition) is 2. The molecule has 0 aliphatic heterocycles. The Hall–Kier alpha value is -2.81. The van der Waals surface area contributed by atoms with Crippen molar-refractivity contribution >= 4 is 16.9 Å². The Kier molecular flexibility index (Phi) is 2.07. The molecule has 2 aromatic heterocycles. The summed E-state index contributed by atoms with van der Waals surface area (Å²) in [4.78, 5) is 7.51. The van der Waals surface area contributed by atoms with Gasteiger partial charge in [-0.2, -0.15) is 15.0 Å². The molecule has 18 heavy (non-hydrogen) atoms. The lowest BCUT2D eigenvalue weighted by Gasteiger charge is -1.97. The molecule has 0 unspecified atom stereocenters. The fourth-order valence-corrected chi connectivity index (χ4v) is 1.88. The Balaban J connectivity index is 2.24. The van der Waals surface area contributed by atoms with E-state index in [4.69, 9.17) is 11.0 Å². The van der Waals surface area contributed by atoms with E-state index in [0.717, 1.165) is 11.0 Å². The van der Waals surface area contributed by atoms with Crippen molar-refractivity contribution in [1.29, 1.82) is 5.26 Å². The number of fused-ring (bicyclic) bond motifs is 1. The van der Waals surface area contributed by atoms with Crippen LogP contribution in [-0.4, -0.2) is 19.7 Å². The minimum atomic E-state index is 0.300. The first-order valence-corrected chi connectivity index (χ1v) is 5.41. The lowest BCUT2D eigenvalue weighted by molar-refractivity contribution is 0.825. The van der Waals surface area contributed by atoms with E-state index in [2.05, 4.69) is 15.1 Å². The van der Waals surface area contributed by atoms with Gasteiger partial charge in [-0.1, -0.05) is 12.1 Å². The van der Waals surface area contributed by atoms with Crippen molar-refractivity contribution in [1.82, 2.24) is 19.7 Å². The quantitative estimate of drug-likeness (QED) is 0.671. The zero-order valence-corrected chi connectivity index (χ0v) is 9.68. The van der Waals surface area contributed by atoms with Gasteiger partial charge in [0.1, 0.15) is 17.5 Å². The number of hydrogen-bond acceptors (Lipinski definition) is 4. The molecule has 6 nitrogen and oxygen atoms in total. The number of imidazole rings is 1. The third kappa shape index (κ3) is 1.34. The molecule has 0 saturated heterocycles. The van der Waals surface area contributed by atoms with Gasteiger partial charge in [0.25, 0.3) is 0 Å². The number of nitrogens with one attached hydrogen (secondary N) is 1. The summed E-state index contributed by atoms with van der Waals surface area (Å²) in [5.41, 5.74) is 8.60. The molecule has 6 heteroatoms. The molecule has 0 saturated carbocycles. The largest absolute Gasteiger partial charge is 0.382 e. The summed E-state index contributed by atoms with van der Waals surface area (Å²) in [5.74, 6) is 0.812. The number of rotatable bonds is 1. The standard InChI is InChI=1S/C12H10N6/c1-7-8(6-13)11(14)18(17-7)12-15-9-4-2-3-5-10(9)16-12/h2-5H,14H2,1H3,(H,15,16). The van der Waals surface area contributed by atoms with Gasteiger partial charge in [-0.15, -0.1) is 0 Å². The Bertz CT molecular complexity index is 741. The molecule has 0 fully saturated rings. The van der Waals surface area contributed by atoms with Crippen molar-refractivity contribution in [3.05, 3.63) is 35.5 Å². The van der Waals surface area contributed by atoms with Gasteiger partial charge < -0.3 is 10.7 Å². The van der Waals surface area contributed by atoms with Crippen molar-refractivity contribution in [3.63, 3.8) is 0 Å². The summed E-state index contributed by atoms with van der Waals surface area (Å²) in [7, 11) is 0. The summed E-state index contributed by atoms with van der Waals surface area (Å²) in [6.07, 6.45) is 0. The molecule has 0 radical (unpaired) electrons. The molecule has 0 spiro atoms. The predicted molar refractivity (Wildman–Crippen MR) is 67.1 cm³/mol. The van der Waals surface area contributed by atoms with Crippen LogP contribution in [0.2, 0.25) is 0 Å². The van der Waals surface area contributed by atoms with Gasteiger partial charge >= 0.3 is 0 Å². The van der Waals surface area contributed by atoms with Gasteiger partial charge in [-0.3, -0.25) is 0 Å². The van der Waals surface area contributed by atoms with Gasteiger partial charge in [0.15, 0.2) is 0 Å². The van der Waals surface area contributed by atoms with Gasteiger partial charge in [0.2, 0.25) is 5.95 Å². The van der Waals surface area contributed by atoms with E-state index < -0.39 is 0 Å². The average Bonchev–Trinajstić information content (AvgIpc) is 2.90. The van der Waals surface area contributed by atoms with Crippen molar-refractivity contribution in [3.8, 4) is 12.0 Å². The normalized spacial score (nSPS) is 10.7.